The highest BCUT2D eigenvalue weighted by atomic mass is 16.7. The molecule has 2 N–H and O–H groups in total. The van der Waals surface area contributed by atoms with Crippen molar-refractivity contribution in [3.05, 3.63) is 53.7 Å². The van der Waals surface area contributed by atoms with Gasteiger partial charge in [-0.1, -0.05) is 0 Å². The molecule has 26 heavy (non-hydrogen) atoms. The van der Waals surface area contributed by atoms with Crippen molar-refractivity contribution in [3.63, 3.8) is 0 Å². The van der Waals surface area contributed by atoms with Crippen molar-refractivity contribution in [2.45, 2.75) is 19.3 Å². The molecule has 0 saturated carbocycles. The van der Waals surface area contributed by atoms with Crippen LogP contribution < -0.4 is 14.8 Å². The number of rotatable bonds is 2. The maximum absolute atomic E-state index is 12.9. The Balaban J connectivity index is 1.51. The largest absolute Gasteiger partial charge is 0.454 e. The van der Waals surface area contributed by atoms with E-state index in [4.69, 9.17) is 9.47 Å². The Morgan fingerprint density at radius 2 is 2.12 bits per heavy atom. The number of hydrogen-bond donors (Lipinski definition) is 2. The minimum Gasteiger partial charge on any atom is -0.454 e. The van der Waals surface area contributed by atoms with Crippen LogP contribution in [0.5, 0.6) is 11.5 Å². The summed E-state index contributed by atoms with van der Waals surface area (Å²) in [6.07, 6.45) is 7.90. The van der Waals surface area contributed by atoms with Crippen molar-refractivity contribution in [3.8, 4) is 22.8 Å². The standard InChI is InChI=1S/C19H16N4O3/c24-19(23-12-4-5-15-16(6-12)26-10-25-15)13-8-21-14-3-1-2-11-7-20-9-22-18(11)17(13)14/h4-9,21H,1-3,10H2,(H,23,24). The fourth-order valence-corrected chi connectivity index (χ4v) is 3.51. The summed E-state index contributed by atoms with van der Waals surface area (Å²) in [4.78, 5) is 24.7. The second kappa shape index (κ2) is 5.87. The lowest BCUT2D eigenvalue weighted by atomic mass is 10.0. The number of benzene rings is 1. The Bertz CT molecular complexity index is 1010. The Kier molecular flexibility index (Phi) is 3.38. The van der Waals surface area contributed by atoms with Gasteiger partial charge in [-0.05, 0) is 37.0 Å². The number of carbonyl (C=O) groups excluding carboxylic acids is 1. The van der Waals surface area contributed by atoms with E-state index >= 15 is 0 Å². The summed E-state index contributed by atoms with van der Waals surface area (Å²) in [6, 6.07) is 5.35. The molecule has 0 atom stereocenters. The van der Waals surface area contributed by atoms with Crippen LogP contribution in [-0.4, -0.2) is 27.7 Å². The lowest BCUT2D eigenvalue weighted by Crippen LogP contribution is -2.12. The van der Waals surface area contributed by atoms with Gasteiger partial charge in [0.15, 0.2) is 11.5 Å². The number of H-pyrrole nitrogens is 1. The molecular weight excluding hydrogens is 332 g/mol. The predicted molar refractivity (Wildman–Crippen MR) is 94.4 cm³/mol. The van der Waals surface area contributed by atoms with Gasteiger partial charge in [0.2, 0.25) is 6.79 Å². The summed E-state index contributed by atoms with van der Waals surface area (Å²) in [6.45, 7) is 0.203. The van der Waals surface area contributed by atoms with Gasteiger partial charge in [0, 0.05) is 35.4 Å². The molecule has 1 amide bonds. The topological polar surface area (TPSA) is 89.1 Å². The number of nitrogens with one attached hydrogen (secondary N) is 2. The van der Waals surface area contributed by atoms with Crippen LogP contribution >= 0.6 is 0 Å². The molecule has 0 spiro atoms. The van der Waals surface area contributed by atoms with Crippen LogP contribution in [0.3, 0.4) is 0 Å². The van der Waals surface area contributed by atoms with Gasteiger partial charge in [-0.15, -0.1) is 0 Å². The molecule has 130 valence electrons. The van der Waals surface area contributed by atoms with Gasteiger partial charge in [-0.25, -0.2) is 9.97 Å². The summed E-state index contributed by atoms with van der Waals surface area (Å²) >= 11 is 0. The first-order chi connectivity index (χ1) is 12.8. The van der Waals surface area contributed by atoms with Crippen LogP contribution in [0.15, 0.2) is 36.9 Å². The van der Waals surface area contributed by atoms with E-state index in [-0.39, 0.29) is 12.7 Å². The molecule has 0 radical (unpaired) electrons. The Hall–Kier alpha value is -3.35. The number of aryl methyl sites for hydroxylation is 2. The molecule has 0 fully saturated rings. The zero-order valence-electron chi connectivity index (χ0n) is 13.9. The van der Waals surface area contributed by atoms with Crippen molar-refractivity contribution in [1.29, 1.82) is 0 Å². The first-order valence-corrected chi connectivity index (χ1v) is 8.50. The first-order valence-electron chi connectivity index (χ1n) is 8.50. The fourth-order valence-electron chi connectivity index (χ4n) is 3.51. The van der Waals surface area contributed by atoms with E-state index in [9.17, 15) is 4.79 Å². The van der Waals surface area contributed by atoms with E-state index in [0.717, 1.165) is 41.8 Å². The highest BCUT2D eigenvalue weighted by Gasteiger charge is 2.24. The van der Waals surface area contributed by atoms with Gasteiger partial charge >= 0.3 is 0 Å². The van der Waals surface area contributed by atoms with Crippen LogP contribution in [-0.2, 0) is 12.8 Å². The maximum Gasteiger partial charge on any atom is 0.257 e. The molecule has 2 aliphatic rings. The third-order valence-electron chi connectivity index (χ3n) is 4.73. The molecule has 7 heteroatoms. The highest BCUT2D eigenvalue weighted by molar-refractivity contribution is 6.09. The van der Waals surface area contributed by atoms with Gasteiger partial charge in [0.25, 0.3) is 5.91 Å². The van der Waals surface area contributed by atoms with Crippen molar-refractivity contribution in [1.82, 2.24) is 15.0 Å². The maximum atomic E-state index is 12.9. The highest BCUT2D eigenvalue weighted by Crippen LogP contribution is 2.36. The van der Waals surface area contributed by atoms with Gasteiger partial charge in [-0.2, -0.15) is 0 Å². The number of nitrogens with zero attached hydrogens (tertiary/aromatic N) is 2. The van der Waals surface area contributed by atoms with Crippen LogP contribution in [0.25, 0.3) is 11.3 Å². The average molecular weight is 348 g/mol. The molecule has 0 unspecified atom stereocenters. The van der Waals surface area contributed by atoms with Crippen LogP contribution in [0.1, 0.15) is 28.0 Å². The van der Waals surface area contributed by atoms with E-state index in [2.05, 4.69) is 20.3 Å². The molecule has 3 heterocycles. The molecule has 0 saturated heterocycles. The van der Waals surface area contributed by atoms with Crippen LogP contribution in [0, 0.1) is 0 Å². The number of hydrogen-bond acceptors (Lipinski definition) is 5. The van der Waals surface area contributed by atoms with Gasteiger partial charge < -0.3 is 19.8 Å². The van der Waals surface area contributed by atoms with E-state index in [1.165, 1.54) is 6.33 Å². The minimum absolute atomic E-state index is 0.187. The summed E-state index contributed by atoms with van der Waals surface area (Å²) in [5, 5.41) is 2.94. The van der Waals surface area contributed by atoms with Crippen molar-refractivity contribution in [2.75, 3.05) is 12.1 Å². The number of aromatic amines is 1. The number of fused-ring (bicyclic) bond motifs is 4. The summed E-state index contributed by atoms with van der Waals surface area (Å²) in [7, 11) is 0. The van der Waals surface area contributed by atoms with Crippen LogP contribution in [0.2, 0.25) is 0 Å². The Morgan fingerprint density at radius 3 is 3.08 bits per heavy atom. The average Bonchev–Trinajstić information content (AvgIpc) is 3.25. The molecule has 3 aromatic rings. The molecule has 2 aromatic heterocycles. The summed E-state index contributed by atoms with van der Waals surface area (Å²) in [5.41, 5.74) is 5.06. The fraction of sp³-hybridized carbons (Fsp3) is 0.211. The van der Waals surface area contributed by atoms with E-state index in [1.807, 2.05) is 6.20 Å². The van der Waals surface area contributed by atoms with Crippen molar-refractivity contribution < 1.29 is 14.3 Å². The number of carbonyl (C=O) groups is 1. The third-order valence-corrected chi connectivity index (χ3v) is 4.73. The predicted octanol–water partition coefficient (Wildman–Crippen LogP) is 2.94. The molecule has 5 rings (SSSR count). The number of ether oxygens (including phenoxy) is 2. The normalized spacial score (nSPS) is 14.3. The number of aromatic nitrogens is 3. The number of amides is 1. The number of anilines is 1. The SMILES string of the molecule is O=C(Nc1ccc2c(c1)OCO2)c1c[nH]c2c1-c1ncncc1CCC2. The van der Waals surface area contributed by atoms with Crippen molar-refractivity contribution in [2.24, 2.45) is 0 Å². The van der Waals surface area contributed by atoms with Gasteiger partial charge in [0.05, 0.1) is 11.3 Å². The smallest absolute Gasteiger partial charge is 0.257 e. The van der Waals surface area contributed by atoms with Crippen LogP contribution in [0.4, 0.5) is 5.69 Å². The molecule has 1 aromatic carbocycles. The lowest BCUT2D eigenvalue weighted by Gasteiger charge is -2.09. The van der Waals surface area contributed by atoms with E-state index < -0.39 is 0 Å². The van der Waals surface area contributed by atoms with E-state index in [1.54, 1.807) is 24.4 Å². The second-order valence-electron chi connectivity index (χ2n) is 6.33. The Morgan fingerprint density at radius 1 is 1.19 bits per heavy atom. The summed E-state index contributed by atoms with van der Waals surface area (Å²) in [5.74, 6) is 1.13. The molecule has 7 nitrogen and oxygen atoms in total. The Labute approximate surface area is 149 Å². The molecular formula is C19H16N4O3. The summed E-state index contributed by atoms with van der Waals surface area (Å²) < 4.78 is 10.7. The van der Waals surface area contributed by atoms with Gasteiger partial charge in [-0.3, -0.25) is 4.79 Å². The van der Waals surface area contributed by atoms with Gasteiger partial charge in [0.1, 0.15) is 6.33 Å². The van der Waals surface area contributed by atoms with E-state index in [0.29, 0.717) is 22.7 Å². The molecule has 1 aliphatic carbocycles. The lowest BCUT2D eigenvalue weighted by molar-refractivity contribution is 0.102. The monoisotopic (exact) mass is 348 g/mol. The minimum atomic E-state index is -0.187. The molecule has 1 aliphatic heterocycles. The third kappa shape index (κ3) is 2.40. The quantitative estimate of drug-likeness (QED) is 0.743. The zero-order chi connectivity index (χ0) is 17.5. The first kappa shape index (κ1) is 14.9. The zero-order valence-corrected chi connectivity index (χ0v) is 13.9. The second-order valence-corrected chi connectivity index (χ2v) is 6.33. The van der Waals surface area contributed by atoms with Crippen molar-refractivity contribution >= 4 is 11.6 Å². The molecule has 0 bridgehead atoms.